The number of nitrogens with zero attached hydrogens (tertiary/aromatic N) is 5. The van der Waals surface area contributed by atoms with E-state index in [2.05, 4.69) is 24.1 Å². The van der Waals surface area contributed by atoms with E-state index in [9.17, 15) is 32.3 Å². The molecule has 4 aromatic rings. The minimum absolute atomic E-state index is 0.0898. The molecule has 4 aliphatic rings. The quantitative estimate of drug-likeness (QED) is 0.0992. The number of amides is 3. The molecule has 8 rings (SSSR count). The van der Waals surface area contributed by atoms with Crippen molar-refractivity contribution in [2.24, 2.45) is 18.4 Å². The summed E-state index contributed by atoms with van der Waals surface area (Å²) in [5.41, 5.74) is 2.23. The smallest absolute Gasteiger partial charge is 0.395 e. The summed E-state index contributed by atoms with van der Waals surface area (Å²) in [6.45, 7) is 10.4. The van der Waals surface area contributed by atoms with Gasteiger partial charge < -0.3 is 14.4 Å². The number of halogens is 4. The molecule has 1 unspecified atom stereocenters. The van der Waals surface area contributed by atoms with Gasteiger partial charge in [-0.3, -0.25) is 38.6 Å². The summed E-state index contributed by atoms with van der Waals surface area (Å²) < 4.78 is 73.8. The van der Waals surface area contributed by atoms with Gasteiger partial charge in [0.2, 0.25) is 17.7 Å². The summed E-state index contributed by atoms with van der Waals surface area (Å²) in [4.78, 5) is 57.4. The first-order valence-corrected chi connectivity index (χ1v) is 24.3. The number of ether oxygens (including phenoxy) is 2. The van der Waals surface area contributed by atoms with Crippen LogP contribution < -0.4 is 15.7 Å². The van der Waals surface area contributed by atoms with Gasteiger partial charge in [0.25, 0.3) is 0 Å². The minimum atomic E-state index is -4.44. The third-order valence-electron chi connectivity index (χ3n) is 15.1. The number of carbonyl (C=O) groups excluding carboxylic acids is 3. The number of piperazine rings is 1. The first-order valence-electron chi connectivity index (χ1n) is 24.3. The molecular formula is C53H66F4N6O6. The monoisotopic (exact) mass is 958 g/mol. The second kappa shape index (κ2) is 19.8. The van der Waals surface area contributed by atoms with Gasteiger partial charge in [-0.05, 0) is 132 Å². The molecule has 3 saturated heterocycles. The van der Waals surface area contributed by atoms with Gasteiger partial charge in [0.15, 0.2) is 0 Å². The van der Waals surface area contributed by atoms with Crippen LogP contribution in [0.25, 0.3) is 16.6 Å². The minimum Gasteiger partial charge on any atom is -0.497 e. The molecule has 0 radical (unpaired) electrons. The van der Waals surface area contributed by atoms with E-state index in [0.717, 1.165) is 28.9 Å². The van der Waals surface area contributed by atoms with E-state index < -0.39 is 35.0 Å². The molecule has 12 nitrogen and oxygen atoms in total. The van der Waals surface area contributed by atoms with Crippen LogP contribution in [-0.2, 0) is 44.7 Å². The fraction of sp³-hybridized carbons (Fsp3) is 0.547. The number of nitrogens with one attached hydrogen (secondary N) is 1. The van der Waals surface area contributed by atoms with E-state index in [1.54, 1.807) is 20.2 Å². The average Bonchev–Trinajstić information content (AvgIpc) is 3.55. The molecule has 3 aromatic carbocycles. The van der Waals surface area contributed by atoms with Crippen molar-refractivity contribution in [3.63, 3.8) is 0 Å². The molecule has 3 amide bonds. The van der Waals surface area contributed by atoms with Gasteiger partial charge in [-0.15, -0.1) is 0 Å². The van der Waals surface area contributed by atoms with Crippen LogP contribution in [0.3, 0.4) is 0 Å². The summed E-state index contributed by atoms with van der Waals surface area (Å²) in [5.74, 6) is -0.633. The number of rotatable bonds is 14. The SMILES string of the molecule is COc1ccc([C@]2(CCN(Cc3ccc(C4=CC[C@H](C(=O)N5CCN(Cc6ccc7c(c6)n(C)c(=O)n7C6CCC(=O)NC6=O)CC5)CC4)c(F)c3)CC(C)(C)C(F)(F)F)CCOC(C)(C)C2)cc1. The lowest BCUT2D eigenvalue weighted by Crippen LogP contribution is -2.50. The molecular weight excluding hydrogens is 893 g/mol. The molecule has 69 heavy (non-hydrogen) atoms. The van der Waals surface area contributed by atoms with E-state index in [0.29, 0.717) is 100 Å². The van der Waals surface area contributed by atoms with Crippen molar-refractivity contribution in [2.75, 3.05) is 53.0 Å². The zero-order valence-corrected chi connectivity index (χ0v) is 40.7. The third kappa shape index (κ3) is 10.9. The Morgan fingerprint density at radius 2 is 1.65 bits per heavy atom. The summed E-state index contributed by atoms with van der Waals surface area (Å²) in [6, 6.07) is 18.0. The average molecular weight is 959 g/mol. The Hall–Kier alpha value is -5.32. The molecule has 1 N–H and O–H groups in total. The van der Waals surface area contributed by atoms with Gasteiger partial charge >= 0.3 is 11.9 Å². The lowest BCUT2D eigenvalue weighted by molar-refractivity contribution is -0.217. The van der Waals surface area contributed by atoms with Crippen LogP contribution in [0.1, 0.15) is 107 Å². The van der Waals surface area contributed by atoms with Crippen molar-refractivity contribution in [1.82, 2.24) is 29.2 Å². The number of benzene rings is 3. The Balaban J connectivity index is 0.881. The summed E-state index contributed by atoms with van der Waals surface area (Å²) in [6.07, 6.45) is 1.58. The molecule has 0 bridgehead atoms. The van der Waals surface area contributed by atoms with Crippen molar-refractivity contribution < 1.29 is 41.4 Å². The van der Waals surface area contributed by atoms with E-state index in [1.807, 2.05) is 64.4 Å². The van der Waals surface area contributed by atoms with Gasteiger partial charge in [0.1, 0.15) is 17.6 Å². The maximum absolute atomic E-state index is 16.1. The van der Waals surface area contributed by atoms with Gasteiger partial charge in [0, 0.05) is 82.8 Å². The van der Waals surface area contributed by atoms with Crippen LogP contribution in [0.4, 0.5) is 17.6 Å². The highest BCUT2D eigenvalue weighted by Crippen LogP contribution is 2.46. The van der Waals surface area contributed by atoms with Crippen LogP contribution in [-0.4, -0.2) is 106 Å². The molecule has 3 fully saturated rings. The number of aryl methyl sites for hydroxylation is 1. The number of hydrogen-bond donors (Lipinski definition) is 1. The topological polar surface area (TPSA) is 118 Å². The van der Waals surface area contributed by atoms with E-state index in [-0.39, 0.29) is 54.8 Å². The summed E-state index contributed by atoms with van der Waals surface area (Å²) in [5, 5.41) is 2.34. The van der Waals surface area contributed by atoms with Crippen molar-refractivity contribution in [1.29, 1.82) is 0 Å². The van der Waals surface area contributed by atoms with Gasteiger partial charge in [-0.25, -0.2) is 9.18 Å². The third-order valence-corrected chi connectivity index (χ3v) is 15.1. The summed E-state index contributed by atoms with van der Waals surface area (Å²) in [7, 11) is 3.29. The second-order valence-electron chi connectivity index (χ2n) is 21.0. The molecule has 372 valence electrons. The van der Waals surface area contributed by atoms with Crippen molar-refractivity contribution in [3.8, 4) is 5.75 Å². The normalized spacial score (nSPS) is 22.8. The number of piperidine rings is 1. The van der Waals surface area contributed by atoms with E-state index in [4.69, 9.17) is 9.47 Å². The number of hydrogen-bond acceptors (Lipinski definition) is 8. The fourth-order valence-electron chi connectivity index (χ4n) is 11.1. The molecule has 3 aliphatic heterocycles. The van der Waals surface area contributed by atoms with Crippen LogP contribution >= 0.6 is 0 Å². The Morgan fingerprint density at radius 3 is 2.29 bits per heavy atom. The number of alkyl halides is 3. The summed E-state index contributed by atoms with van der Waals surface area (Å²) >= 11 is 0. The lowest BCUT2D eigenvalue weighted by Gasteiger charge is -2.46. The molecule has 16 heteroatoms. The van der Waals surface area contributed by atoms with Crippen molar-refractivity contribution in [2.45, 2.75) is 115 Å². The standard InChI is InChI=1S/C53H66F4N6O6/c1-50(2,53(55,56)57)34-61(23-21-52(22-28-69-51(3,4)33-52)39-13-15-40(68-6)16-14-39)32-35-7-17-41(42(54)29-35)37-9-11-38(12-10-37)48(66)62-26-24-60(25-27-62)31-36-8-18-43-45(30-36)59(5)49(67)63(43)44-19-20-46(64)58-47(44)65/h7-9,13-18,29-30,38,44H,10-12,19-28,31-34H2,1-6H3,(H,58,64,65)/t38-,44?,52+/m0/s1. The first kappa shape index (κ1) is 50.1. The van der Waals surface area contributed by atoms with Gasteiger partial charge in [-0.2, -0.15) is 13.2 Å². The molecule has 3 atom stereocenters. The van der Waals surface area contributed by atoms with Crippen LogP contribution in [0.2, 0.25) is 0 Å². The highest BCUT2D eigenvalue weighted by Gasteiger charge is 2.49. The lowest BCUT2D eigenvalue weighted by atomic mass is 9.67. The van der Waals surface area contributed by atoms with Gasteiger partial charge in [0.05, 0.1) is 29.2 Å². The number of imide groups is 1. The van der Waals surface area contributed by atoms with Crippen LogP contribution in [0.15, 0.2) is 71.5 Å². The zero-order valence-electron chi connectivity index (χ0n) is 40.7. The number of allylic oxidation sites excluding steroid dienone is 2. The predicted octanol–water partition coefficient (Wildman–Crippen LogP) is 8.30. The zero-order chi connectivity index (χ0) is 49.5. The molecule has 0 spiro atoms. The molecule has 1 aliphatic carbocycles. The Morgan fingerprint density at radius 1 is 0.928 bits per heavy atom. The van der Waals surface area contributed by atoms with E-state index in [1.165, 1.54) is 29.0 Å². The van der Waals surface area contributed by atoms with Crippen molar-refractivity contribution in [3.05, 3.63) is 105 Å². The largest absolute Gasteiger partial charge is 0.497 e. The molecule has 4 heterocycles. The number of aromatic nitrogens is 2. The number of carbonyl (C=O) groups is 3. The number of methoxy groups -OCH3 is 1. The fourth-order valence-corrected chi connectivity index (χ4v) is 11.1. The Labute approximate surface area is 401 Å². The maximum Gasteiger partial charge on any atom is 0.395 e. The number of fused-ring (bicyclic) bond motifs is 1. The highest BCUT2D eigenvalue weighted by molar-refractivity contribution is 6.00. The molecule has 0 saturated carbocycles. The number of imidazole rings is 1. The Kier molecular flexibility index (Phi) is 14.4. The second-order valence-corrected chi connectivity index (χ2v) is 21.0. The molecule has 1 aromatic heterocycles. The van der Waals surface area contributed by atoms with Gasteiger partial charge in [-0.1, -0.05) is 36.4 Å². The maximum atomic E-state index is 16.1. The Bertz CT molecular complexity index is 2650. The van der Waals surface area contributed by atoms with Crippen LogP contribution in [0, 0.1) is 17.2 Å². The first-order chi connectivity index (χ1) is 32.7. The van der Waals surface area contributed by atoms with Crippen LogP contribution in [0.5, 0.6) is 5.75 Å². The van der Waals surface area contributed by atoms with E-state index >= 15 is 4.39 Å². The highest BCUT2D eigenvalue weighted by atomic mass is 19.4. The van der Waals surface area contributed by atoms with Crippen molar-refractivity contribution >= 4 is 34.3 Å². The predicted molar refractivity (Wildman–Crippen MR) is 256 cm³/mol.